The monoisotopic (exact) mass is 435 g/mol. The van der Waals surface area contributed by atoms with Crippen LogP contribution in [0, 0.1) is 20.8 Å². The van der Waals surface area contributed by atoms with Crippen LogP contribution in [-0.4, -0.2) is 40.5 Å². The maximum absolute atomic E-state index is 12.5. The smallest absolute Gasteiger partial charge is 0.351 e. The maximum Gasteiger partial charge on any atom is 0.351 e. The molecule has 1 amide bonds. The summed E-state index contributed by atoms with van der Waals surface area (Å²) in [6.07, 6.45) is -1.50. The molecule has 2 heterocycles. The molecule has 1 aliphatic heterocycles. The van der Waals surface area contributed by atoms with Gasteiger partial charge in [0, 0.05) is 0 Å². The topological polar surface area (TPSA) is 91.7 Å². The van der Waals surface area contributed by atoms with E-state index in [9.17, 15) is 9.59 Å². The Kier molecular flexibility index (Phi) is 5.85. The van der Waals surface area contributed by atoms with E-state index in [1.165, 1.54) is 0 Å². The van der Waals surface area contributed by atoms with Crippen molar-refractivity contribution in [3.63, 3.8) is 0 Å². The molecule has 166 valence electrons. The number of carbonyl (C=O) groups excluding carboxylic acids is 2. The van der Waals surface area contributed by atoms with E-state index in [0.717, 1.165) is 16.9 Å². The van der Waals surface area contributed by atoms with E-state index in [-0.39, 0.29) is 0 Å². The number of anilines is 1. The molecular weight excluding hydrogens is 410 g/mol. The van der Waals surface area contributed by atoms with E-state index in [0.29, 0.717) is 22.9 Å². The quantitative estimate of drug-likeness (QED) is 0.617. The lowest BCUT2D eigenvalue weighted by Gasteiger charge is -2.30. The Bertz CT molecular complexity index is 1150. The van der Waals surface area contributed by atoms with Crippen LogP contribution in [0.3, 0.4) is 0 Å². The summed E-state index contributed by atoms with van der Waals surface area (Å²) in [6, 6.07) is 15.0. The van der Waals surface area contributed by atoms with E-state index in [1.54, 1.807) is 29.8 Å². The van der Waals surface area contributed by atoms with Gasteiger partial charge in [-0.05, 0) is 52.0 Å². The molecule has 0 aliphatic carbocycles. The number of ether oxygens (including phenoxy) is 3. The SMILES string of the molecule is Cc1ccc(-n2nc(C)c(NC(=O)COC(=O)C3Oc4ccccc4OC3C)c2C)cc1. The van der Waals surface area contributed by atoms with Crippen LogP contribution in [0.4, 0.5) is 5.69 Å². The summed E-state index contributed by atoms with van der Waals surface area (Å²) < 4.78 is 18.4. The number of rotatable bonds is 5. The van der Waals surface area contributed by atoms with Crippen molar-refractivity contribution in [1.29, 1.82) is 0 Å². The number of benzene rings is 2. The van der Waals surface area contributed by atoms with Gasteiger partial charge < -0.3 is 19.5 Å². The van der Waals surface area contributed by atoms with E-state index < -0.39 is 30.7 Å². The Balaban J connectivity index is 1.38. The summed E-state index contributed by atoms with van der Waals surface area (Å²) in [5.74, 6) is -0.0890. The fraction of sp³-hybridized carbons (Fsp3) is 0.292. The molecule has 0 radical (unpaired) electrons. The second-order valence-electron chi connectivity index (χ2n) is 7.76. The third-order valence-corrected chi connectivity index (χ3v) is 5.25. The molecular formula is C24H25N3O5. The standard InChI is InChI=1S/C24H25N3O5/c1-14-9-11-18(12-10-14)27-16(3)22(15(2)26-27)25-21(28)13-30-24(29)23-17(4)31-19-7-5-6-8-20(19)32-23/h5-12,17,23H,13H2,1-4H3,(H,25,28). The molecule has 4 rings (SSSR count). The molecule has 8 heteroatoms. The van der Waals surface area contributed by atoms with Crippen molar-refractivity contribution in [2.45, 2.75) is 39.9 Å². The molecule has 2 unspecified atom stereocenters. The number of para-hydroxylation sites is 2. The van der Waals surface area contributed by atoms with Crippen LogP contribution >= 0.6 is 0 Å². The van der Waals surface area contributed by atoms with Crippen LogP contribution < -0.4 is 14.8 Å². The maximum atomic E-state index is 12.5. The van der Waals surface area contributed by atoms with Crippen LogP contribution in [0.25, 0.3) is 5.69 Å². The van der Waals surface area contributed by atoms with Crippen molar-refractivity contribution >= 4 is 17.6 Å². The molecule has 1 aliphatic rings. The van der Waals surface area contributed by atoms with Crippen molar-refractivity contribution in [1.82, 2.24) is 9.78 Å². The first-order valence-corrected chi connectivity index (χ1v) is 10.4. The van der Waals surface area contributed by atoms with E-state index in [1.807, 2.05) is 51.1 Å². The first-order valence-electron chi connectivity index (χ1n) is 10.4. The number of nitrogens with zero attached hydrogens (tertiary/aromatic N) is 2. The molecule has 8 nitrogen and oxygen atoms in total. The van der Waals surface area contributed by atoms with Crippen molar-refractivity contribution in [3.8, 4) is 17.2 Å². The van der Waals surface area contributed by atoms with Gasteiger partial charge in [-0.3, -0.25) is 4.79 Å². The highest BCUT2D eigenvalue weighted by Crippen LogP contribution is 2.33. The highest BCUT2D eigenvalue weighted by molar-refractivity contribution is 5.94. The van der Waals surface area contributed by atoms with Gasteiger partial charge in [0.25, 0.3) is 5.91 Å². The van der Waals surface area contributed by atoms with Crippen molar-refractivity contribution in [3.05, 3.63) is 65.5 Å². The molecule has 1 aromatic heterocycles. The van der Waals surface area contributed by atoms with Crippen molar-refractivity contribution in [2.75, 3.05) is 11.9 Å². The van der Waals surface area contributed by atoms with Gasteiger partial charge in [-0.25, -0.2) is 9.48 Å². The minimum Gasteiger partial charge on any atom is -0.482 e. The number of fused-ring (bicyclic) bond motifs is 1. The van der Waals surface area contributed by atoms with E-state index >= 15 is 0 Å². The zero-order valence-electron chi connectivity index (χ0n) is 18.4. The fourth-order valence-corrected chi connectivity index (χ4v) is 3.53. The summed E-state index contributed by atoms with van der Waals surface area (Å²) in [6.45, 7) is 6.97. The van der Waals surface area contributed by atoms with Gasteiger partial charge in [0.15, 0.2) is 18.1 Å². The predicted octanol–water partition coefficient (Wildman–Crippen LogP) is 3.51. The number of aromatic nitrogens is 2. The minimum absolute atomic E-state index is 0.443. The van der Waals surface area contributed by atoms with Gasteiger partial charge in [0.1, 0.15) is 6.10 Å². The molecule has 1 N–H and O–H groups in total. The Morgan fingerprint density at radius 2 is 1.69 bits per heavy atom. The lowest BCUT2D eigenvalue weighted by atomic mass is 10.2. The number of nitrogens with one attached hydrogen (secondary N) is 1. The molecule has 3 aromatic rings. The lowest BCUT2D eigenvalue weighted by molar-refractivity contribution is -0.159. The zero-order chi connectivity index (χ0) is 22.8. The van der Waals surface area contributed by atoms with Crippen molar-refractivity contribution < 1.29 is 23.8 Å². The number of aryl methyl sites for hydroxylation is 2. The van der Waals surface area contributed by atoms with Crippen molar-refractivity contribution in [2.24, 2.45) is 0 Å². The van der Waals surface area contributed by atoms with E-state index in [4.69, 9.17) is 14.2 Å². The average Bonchev–Trinajstić information content (AvgIpc) is 3.05. The Morgan fingerprint density at radius 3 is 2.38 bits per heavy atom. The Labute approximate surface area is 186 Å². The van der Waals surface area contributed by atoms with Crippen LogP contribution in [0.5, 0.6) is 11.5 Å². The summed E-state index contributed by atoms with van der Waals surface area (Å²) in [5.41, 5.74) is 4.08. The molecule has 2 aromatic carbocycles. The molecule has 0 spiro atoms. The minimum atomic E-state index is -0.953. The van der Waals surface area contributed by atoms with Gasteiger partial charge in [0.05, 0.1) is 22.8 Å². The van der Waals surface area contributed by atoms with Crippen LogP contribution in [0.1, 0.15) is 23.9 Å². The highest BCUT2D eigenvalue weighted by Gasteiger charge is 2.35. The normalized spacial score (nSPS) is 17.0. The lowest BCUT2D eigenvalue weighted by Crippen LogP contribution is -2.45. The summed E-state index contributed by atoms with van der Waals surface area (Å²) in [4.78, 5) is 25.0. The molecule has 2 atom stereocenters. The van der Waals surface area contributed by atoms with Gasteiger partial charge in [-0.2, -0.15) is 5.10 Å². The average molecular weight is 435 g/mol. The van der Waals surface area contributed by atoms with Gasteiger partial charge in [-0.15, -0.1) is 0 Å². The first-order chi connectivity index (χ1) is 15.3. The first kappa shape index (κ1) is 21.4. The second-order valence-corrected chi connectivity index (χ2v) is 7.76. The largest absolute Gasteiger partial charge is 0.482 e. The molecule has 0 saturated heterocycles. The number of hydrogen-bond acceptors (Lipinski definition) is 6. The van der Waals surface area contributed by atoms with Crippen LogP contribution in [-0.2, 0) is 14.3 Å². The van der Waals surface area contributed by atoms with Gasteiger partial charge >= 0.3 is 5.97 Å². The van der Waals surface area contributed by atoms with Gasteiger partial charge in [-0.1, -0.05) is 29.8 Å². The zero-order valence-corrected chi connectivity index (χ0v) is 18.4. The van der Waals surface area contributed by atoms with Crippen LogP contribution in [0.15, 0.2) is 48.5 Å². The fourth-order valence-electron chi connectivity index (χ4n) is 3.53. The Hall–Kier alpha value is -3.81. The summed E-state index contributed by atoms with van der Waals surface area (Å²) >= 11 is 0. The number of esters is 1. The third kappa shape index (κ3) is 4.30. The molecule has 0 bridgehead atoms. The number of amides is 1. The third-order valence-electron chi connectivity index (χ3n) is 5.25. The molecule has 0 saturated carbocycles. The number of hydrogen-bond donors (Lipinski definition) is 1. The number of carbonyl (C=O) groups is 2. The summed E-state index contributed by atoms with van der Waals surface area (Å²) in [5, 5.41) is 7.31. The van der Waals surface area contributed by atoms with Crippen LogP contribution in [0.2, 0.25) is 0 Å². The van der Waals surface area contributed by atoms with Gasteiger partial charge in [0.2, 0.25) is 6.10 Å². The van der Waals surface area contributed by atoms with E-state index in [2.05, 4.69) is 10.4 Å². The second kappa shape index (κ2) is 8.74. The highest BCUT2D eigenvalue weighted by atomic mass is 16.6. The molecule has 32 heavy (non-hydrogen) atoms. The summed E-state index contributed by atoms with van der Waals surface area (Å²) in [7, 11) is 0. The Morgan fingerprint density at radius 1 is 1.03 bits per heavy atom. The predicted molar refractivity (Wildman–Crippen MR) is 118 cm³/mol. The molecule has 0 fully saturated rings.